The molecule has 0 heterocycles. The van der Waals surface area contributed by atoms with Crippen molar-refractivity contribution in [3.8, 4) is 11.5 Å². The van der Waals surface area contributed by atoms with E-state index in [1.54, 1.807) is 7.11 Å². The van der Waals surface area contributed by atoms with Crippen LogP contribution in [0.4, 0.5) is 0 Å². The second kappa shape index (κ2) is 6.45. The molecule has 0 saturated heterocycles. The molecule has 18 heavy (non-hydrogen) atoms. The monoisotopic (exact) mass is 306 g/mol. The molecule has 2 aromatic rings. The average molecular weight is 307 g/mol. The van der Waals surface area contributed by atoms with E-state index in [0.29, 0.717) is 6.61 Å². The summed E-state index contributed by atoms with van der Waals surface area (Å²) in [6.45, 7) is 0.662. The molecule has 0 bridgehead atoms. The summed E-state index contributed by atoms with van der Waals surface area (Å²) in [4.78, 5) is 0. The molecule has 0 unspecified atom stereocenters. The third-order valence-corrected chi connectivity index (χ3v) is 3.25. The Kier molecular flexibility index (Phi) is 4.65. The van der Waals surface area contributed by atoms with Crippen LogP contribution in [0.3, 0.4) is 0 Å². The van der Waals surface area contributed by atoms with Crippen LogP contribution in [-0.2, 0) is 6.42 Å². The van der Waals surface area contributed by atoms with E-state index in [9.17, 15) is 0 Å². The summed E-state index contributed by atoms with van der Waals surface area (Å²) < 4.78 is 11.8. The minimum absolute atomic E-state index is 0.662. The van der Waals surface area contributed by atoms with Crippen molar-refractivity contribution in [2.24, 2.45) is 0 Å². The number of halogens is 1. The van der Waals surface area contributed by atoms with E-state index < -0.39 is 0 Å². The summed E-state index contributed by atoms with van der Waals surface area (Å²) >= 11 is 3.47. The molecule has 0 N–H and O–H groups in total. The molecule has 94 valence electrons. The molecular formula is C15H15BrO2. The molecule has 0 aliphatic carbocycles. The van der Waals surface area contributed by atoms with Gasteiger partial charge < -0.3 is 9.47 Å². The fraction of sp³-hybridized carbons (Fsp3) is 0.200. The van der Waals surface area contributed by atoms with Gasteiger partial charge in [0.15, 0.2) is 0 Å². The van der Waals surface area contributed by atoms with Crippen LogP contribution < -0.4 is 9.47 Å². The van der Waals surface area contributed by atoms with Crippen molar-refractivity contribution in [2.45, 2.75) is 6.42 Å². The summed E-state index contributed by atoms with van der Waals surface area (Å²) in [6, 6.07) is 16.0. The van der Waals surface area contributed by atoms with E-state index >= 15 is 0 Å². The van der Waals surface area contributed by atoms with Gasteiger partial charge in [0.1, 0.15) is 11.5 Å². The third kappa shape index (κ3) is 3.50. The zero-order valence-corrected chi connectivity index (χ0v) is 11.8. The second-order valence-corrected chi connectivity index (χ2v) is 4.73. The van der Waals surface area contributed by atoms with E-state index in [1.807, 2.05) is 36.4 Å². The van der Waals surface area contributed by atoms with Gasteiger partial charge in [-0.25, -0.2) is 0 Å². The SMILES string of the molecule is COc1ccc(OCCc2ccccc2)c(Br)c1. The van der Waals surface area contributed by atoms with Crippen molar-refractivity contribution in [3.05, 3.63) is 58.6 Å². The van der Waals surface area contributed by atoms with E-state index in [1.165, 1.54) is 5.56 Å². The zero-order chi connectivity index (χ0) is 12.8. The molecular weight excluding hydrogens is 292 g/mol. The van der Waals surface area contributed by atoms with Gasteiger partial charge in [0, 0.05) is 6.42 Å². The molecule has 0 saturated carbocycles. The summed E-state index contributed by atoms with van der Waals surface area (Å²) in [6.07, 6.45) is 0.902. The molecule has 0 aliphatic heterocycles. The molecule has 3 heteroatoms. The standard InChI is InChI=1S/C15H15BrO2/c1-17-13-7-8-15(14(16)11-13)18-10-9-12-5-3-2-4-6-12/h2-8,11H,9-10H2,1H3. The van der Waals surface area contributed by atoms with Gasteiger partial charge in [-0.05, 0) is 39.7 Å². The first kappa shape index (κ1) is 13.0. The van der Waals surface area contributed by atoms with Crippen LogP contribution in [0, 0.1) is 0 Å². The first-order chi connectivity index (χ1) is 8.79. The molecule has 0 spiro atoms. The number of benzene rings is 2. The third-order valence-electron chi connectivity index (χ3n) is 2.63. The Labute approximate surface area is 116 Å². The highest BCUT2D eigenvalue weighted by molar-refractivity contribution is 9.10. The van der Waals surface area contributed by atoms with Gasteiger partial charge >= 0.3 is 0 Å². The fourth-order valence-corrected chi connectivity index (χ4v) is 2.12. The van der Waals surface area contributed by atoms with E-state index in [4.69, 9.17) is 9.47 Å². The van der Waals surface area contributed by atoms with Gasteiger partial charge in [-0.15, -0.1) is 0 Å². The highest BCUT2D eigenvalue weighted by Gasteiger charge is 2.02. The van der Waals surface area contributed by atoms with Gasteiger partial charge in [-0.3, -0.25) is 0 Å². The van der Waals surface area contributed by atoms with Crippen LogP contribution in [0.2, 0.25) is 0 Å². The fourth-order valence-electron chi connectivity index (χ4n) is 1.65. The van der Waals surface area contributed by atoms with Crippen molar-refractivity contribution in [2.75, 3.05) is 13.7 Å². The Balaban J connectivity index is 1.91. The van der Waals surface area contributed by atoms with Gasteiger partial charge in [-0.2, -0.15) is 0 Å². The second-order valence-electron chi connectivity index (χ2n) is 3.88. The van der Waals surface area contributed by atoms with Crippen molar-refractivity contribution in [1.29, 1.82) is 0 Å². The highest BCUT2D eigenvalue weighted by atomic mass is 79.9. The van der Waals surface area contributed by atoms with Gasteiger partial charge in [0.2, 0.25) is 0 Å². The lowest BCUT2D eigenvalue weighted by molar-refractivity contribution is 0.319. The molecule has 2 aromatic carbocycles. The van der Waals surface area contributed by atoms with Crippen LogP contribution in [0.15, 0.2) is 53.0 Å². The van der Waals surface area contributed by atoms with Crippen molar-refractivity contribution in [1.82, 2.24) is 0 Å². The molecule has 0 atom stereocenters. The number of hydrogen-bond acceptors (Lipinski definition) is 2. The Morgan fingerprint density at radius 1 is 1.06 bits per heavy atom. The minimum Gasteiger partial charge on any atom is -0.497 e. The maximum absolute atomic E-state index is 5.74. The maximum Gasteiger partial charge on any atom is 0.133 e. The molecule has 0 aromatic heterocycles. The van der Waals surface area contributed by atoms with Crippen LogP contribution in [0.25, 0.3) is 0 Å². The number of rotatable bonds is 5. The quantitative estimate of drug-likeness (QED) is 0.828. The summed E-state index contributed by atoms with van der Waals surface area (Å²) in [7, 11) is 1.65. The Morgan fingerprint density at radius 3 is 2.50 bits per heavy atom. The van der Waals surface area contributed by atoms with E-state index in [-0.39, 0.29) is 0 Å². The van der Waals surface area contributed by atoms with Crippen LogP contribution in [0.5, 0.6) is 11.5 Å². The van der Waals surface area contributed by atoms with E-state index in [0.717, 1.165) is 22.4 Å². The molecule has 0 radical (unpaired) electrons. The molecule has 2 nitrogen and oxygen atoms in total. The summed E-state index contributed by atoms with van der Waals surface area (Å²) in [5, 5.41) is 0. The topological polar surface area (TPSA) is 18.5 Å². The van der Waals surface area contributed by atoms with Crippen molar-refractivity contribution in [3.63, 3.8) is 0 Å². The zero-order valence-electron chi connectivity index (χ0n) is 10.2. The lowest BCUT2D eigenvalue weighted by Gasteiger charge is -2.09. The molecule has 0 aliphatic rings. The Bertz CT molecular complexity index is 497. The van der Waals surface area contributed by atoms with Crippen LogP contribution in [0.1, 0.15) is 5.56 Å². The largest absolute Gasteiger partial charge is 0.497 e. The lowest BCUT2D eigenvalue weighted by Crippen LogP contribution is -2.01. The highest BCUT2D eigenvalue weighted by Crippen LogP contribution is 2.29. The molecule has 0 fully saturated rings. The van der Waals surface area contributed by atoms with Gasteiger partial charge in [0.05, 0.1) is 18.2 Å². The molecule has 2 rings (SSSR count). The van der Waals surface area contributed by atoms with Gasteiger partial charge in [-0.1, -0.05) is 30.3 Å². The number of hydrogen-bond donors (Lipinski definition) is 0. The van der Waals surface area contributed by atoms with Crippen LogP contribution >= 0.6 is 15.9 Å². The lowest BCUT2D eigenvalue weighted by atomic mass is 10.2. The maximum atomic E-state index is 5.74. The number of ether oxygens (including phenoxy) is 2. The van der Waals surface area contributed by atoms with Gasteiger partial charge in [0.25, 0.3) is 0 Å². The predicted octanol–water partition coefficient (Wildman–Crippen LogP) is 4.08. The van der Waals surface area contributed by atoms with Crippen molar-refractivity contribution >= 4 is 15.9 Å². The Hall–Kier alpha value is -1.48. The first-order valence-electron chi connectivity index (χ1n) is 5.80. The first-order valence-corrected chi connectivity index (χ1v) is 6.59. The minimum atomic E-state index is 0.662. The Morgan fingerprint density at radius 2 is 1.83 bits per heavy atom. The van der Waals surface area contributed by atoms with E-state index in [2.05, 4.69) is 28.1 Å². The number of methoxy groups -OCH3 is 1. The normalized spacial score (nSPS) is 10.1. The summed E-state index contributed by atoms with van der Waals surface area (Å²) in [5.74, 6) is 1.66. The molecule has 0 amide bonds. The smallest absolute Gasteiger partial charge is 0.133 e. The predicted molar refractivity (Wildman–Crippen MR) is 76.3 cm³/mol. The average Bonchev–Trinajstić information content (AvgIpc) is 2.42. The van der Waals surface area contributed by atoms with Crippen molar-refractivity contribution < 1.29 is 9.47 Å². The summed E-state index contributed by atoms with van der Waals surface area (Å²) in [5.41, 5.74) is 1.28. The van der Waals surface area contributed by atoms with Crippen LogP contribution in [-0.4, -0.2) is 13.7 Å².